The van der Waals surface area contributed by atoms with Crippen LogP contribution in [0.5, 0.6) is 11.6 Å². The molecule has 2 N–H and O–H groups in total. The summed E-state index contributed by atoms with van der Waals surface area (Å²) in [6.45, 7) is 10.1. The highest BCUT2D eigenvalue weighted by Gasteiger charge is 2.28. The summed E-state index contributed by atoms with van der Waals surface area (Å²) in [5, 5.41) is 0. The number of carbonyl (C=O) groups is 2. The van der Waals surface area contributed by atoms with Crippen LogP contribution in [0.3, 0.4) is 0 Å². The molecule has 216 valence electrons. The summed E-state index contributed by atoms with van der Waals surface area (Å²) in [7, 11) is -3.42. The van der Waals surface area contributed by atoms with Gasteiger partial charge < -0.3 is 20.1 Å². The topological polar surface area (TPSA) is 145 Å². The van der Waals surface area contributed by atoms with Crippen LogP contribution < -0.4 is 14.8 Å². The number of anilines is 2. The fourth-order valence-corrected chi connectivity index (χ4v) is 5.10. The van der Waals surface area contributed by atoms with E-state index in [1.807, 2.05) is 39.0 Å². The number of aryl methyl sites for hydroxylation is 3. The van der Waals surface area contributed by atoms with Crippen molar-refractivity contribution in [1.29, 1.82) is 0 Å². The number of thiol groups is 1. The molecule has 11 nitrogen and oxygen atoms in total. The molecule has 2 aromatic heterocycles. The molecule has 4 rings (SSSR count). The first kappa shape index (κ1) is 29.5. The van der Waals surface area contributed by atoms with Crippen LogP contribution in [0.1, 0.15) is 53.0 Å². The van der Waals surface area contributed by atoms with Gasteiger partial charge >= 0.3 is 6.09 Å². The number of rotatable bonds is 7. The summed E-state index contributed by atoms with van der Waals surface area (Å²) in [5.74, 6) is -0.530. The first-order chi connectivity index (χ1) is 19.4. The zero-order chi connectivity index (χ0) is 29.8. The lowest BCUT2D eigenvalue weighted by atomic mass is 10.0. The number of pyridine rings is 2. The number of ether oxygens (including phenoxy) is 2. The minimum atomic E-state index is -3.42. The highest BCUT2D eigenvalue weighted by molar-refractivity contribution is 7.75. The van der Waals surface area contributed by atoms with Crippen molar-refractivity contribution in [3.05, 3.63) is 76.5 Å². The van der Waals surface area contributed by atoms with E-state index < -0.39 is 16.8 Å². The van der Waals surface area contributed by atoms with Crippen LogP contribution in [0.15, 0.2) is 48.5 Å². The molecule has 0 saturated heterocycles. The van der Waals surface area contributed by atoms with E-state index >= 15 is 0 Å². The summed E-state index contributed by atoms with van der Waals surface area (Å²) in [5.41, 5.74) is 9.76. The first-order valence-electron chi connectivity index (χ1n) is 13.1. The number of nitrogens with two attached hydrogens (primary N) is 1. The molecule has 1 aromatic carbocycles. The molecule has 3 aromatic rings. The zero-order valence-electron chi connectivity index (χ0n) is 23.6. The standard InChI is InChI=1S/C29H33N5O6S/c1-17(2)39-29(36)33-13-11-21(12-14-33)23-10-9-22(27(31-23)40-26-19(4)15-18(3)16-20(26)5)28(35)34(41(37)38)25-8-6-7-24(30)32-25/h6-11,15-17,41H,12-14H2,1-5H3,(H2,30,32). The molecule has 0 bridgehead atoms. The normalized spacial score (nSPS) is 13.2. The van der Waals surface area contributed by atoms with Crippen LogP contribution in [0, 0.1) is 20.8 Å². The Morgan fingerprint density at radius 2 is 1.76 bits per heavy atom. The molecular weight excluding hydrogens is 546 g/mol. The predicted molar refractivity (Wildman–Crippen MR) is 157 cm³/mol. The van der Waals surface area contributed by atoms with E-state index in [-0.39, 0.29) is 35.3 Å². The number of carbonyl (C=O) groups excluding carboxylic acids is 2. The molecule has 0 atom stereocenters. The summed E-state index contributed by atoms with van der Waals surface area (Å²) >= 11 is 0. The number of hydrogen-bond acceptors (Lipinski definition) is 9. The molecular formula is C29H33N5O6S. The lowest BCUT2D eigenvalue weighted by Gasteiger charge is -2.26. The lowest BCUT2D eigenvalue weighted by Crippen LogP contribution is -2.36. The van der Waals surface area contributed by atoms with Crippen molar-refractivity contribution in [2.24, 2.45) is 0 Å². The van der Waals surface area contributed by atoms with Gasteiger partial charge in [-0.05, 0) is 82.0 Å². The number of hydrogen-bond donors (Lipinski definition) is 2. The van der Waals surface area contributed by atoms with E-state index in [4.69, 9.17) is 15.2 Å². The van der Waals surface area contributed by atoms with Crippen molar-refractivity contribution in [2.45, 2.75) is 47.1 Å². The fourth-order valence-electron chi connectivity index (χ4n) is 4.56. The van der Waals surface area contributed by atoms with Gasteiger partial charge in [-0.25, -0.2) is 23.2 Å². The molecule has 0 spiro atoms. The second-order valence-electron chi connectivity index (χ2n) is 10.0. The monoisotopic (exact) mass is 579 g/mol. The Morgan fingerprint density at radius 1 is 1.05 bits per heavy atom. The van der Waals surface area contributed by atoms with Crippen LogP contribution in [0.4, 0.5) is 16.4 Å². The van der Waals surface area contributed by atoms with Gasteiger partial charge in [0.1, 0.15) is 17.1 Å². The summed E-state index contributed by atoms with van der Waals surface area (Å²) in [6.07, 6.45) is 1.76. The molecule has 12 heteroatoms. The number of nitrogen functional groups attached to an aromatic ring is 1. The average molecular weight is 580 g/mol. The Hall–Kier alpha value is -4.45. The maximum absolute atomic E-state index is 13.7. The molecule has 3 heterocycles. The van der Waals surface area contributed by atoms with E-state index in [2.05, 4.69) is 9.97 Å². The van der Waals surface area contributed by atoms with Gasteiger partial charge in [0.05, 0.1) is 11.8 Å². The van der Waals surface area contributed by atoms with E-state index in [1.54, 1.807) is 24.8 Å². The Labute approximate surface area is 240 Å². The highest BCUT2D eigenvalue weighted by atomic mass is 32.2. The van der Waals surface area contributed by atoms with Gasteiger partial charge in [-0.1, -0.05) is 29.8 Å². The molecule has 41 heavy (non-hydrogen) atoms. The van der Waals surface area contributed by atoms with Gasteiger partial charge in [0.25, 0.3) is 5.91 Å². The SMILES string of the molecule is Cc1cc(C)c(Oc2nc(C3=CCN(C(=O)OC(C)C)CC3)ccc2C(=O)N(c2cccc(N)n2)[SH](=O)=O)c(C)c1. The molecule has 1 aliphatic rings. The number of benzene rings is 1. The van der Waals surface area contributed by atoms with Crippen LogP contribution in [0.2, 0.25) is 0 Å². The summed E-state index contributed by atoms with van der Waals surface area (Å²) in [4.78, 5) is 36.3. The number of nitrogens with zero attached hydrogens (tertiary/aromatic N) is 4. The smallest absolute Gasteiger partial charge is 0.410 e. The Morgan fingerprint density at radius 3 is 2.34 bits per heavy atom. The molecule has 1 aliphatic heterocycles. The van der Waals surface area contributed by atoms with Crippen molar-refractivity contribution in [2.75, 3.05) is 23.1 Å². The van der Waals surface area contributed by atoms with Gasteiger partial charge in [-0.15, -0.1) is 0 Å². The molecule has 0 unspecified atom stereocenters. The van der Waals surface area contributed by atoms with E-state index in [0.29, 0.717) is 35.3 Å². The van der Waals surface area contributed by atoms with Crippen molar-refractivity contribution in [1.82, 2.24) is 14.9 Å². The van der Waals surface area contributed by atoms with Crippen molar-refractivity contribution in [3.8, 4) is 11.6 Å². The van der Waals surface area contributed by atoms with Gasteiger partial charge in [0.2, 0.25) is 16.8 Å². The summed E-state index contributed by atoms with van der Waals surface area (Å²) < 4.78 is 36.6. The maximum Gasteiger partial charge on any atom is 0.410 e. The fraction of sp³-hybridized carbons (Fsp3) is 0.310. The van der Waals surface area contributed by atoms with Crippen molar-refractivity contribution >= 4 is 40.1 Å². The molecule has 0 fully saturated rings. The van der Waals surface area contributed by atoms with Crippen LogP contribution in [-0.4, -0.2) is 54.5 Å². The second-order valence-corrected chi connectivity index (χ2v) is 10.9. The van der Waals surface area contributed by atoms with Crippen LogP contribution in [0.25, 0.3) is 5.57 Å². The second kappa shape index (κ2) is 12.4. The zero-order valence-corrected chi connectivity index (χ0v) is 24.5. The average Bonchev–Trinajstić information content (AvgIpc) is 2.90. The van der Waals surface area contributed by atoms with E-state index in [0.717, 1.165) is 22.3 Å². The largest absolute Gasteiger partial charge is 0.447 e. The third kappa shape index (κ3) is 6.83. The third-order valence-electron chi connectivity index (χ3n) is 6.36. The van der Waals surface area contributed by atoms with Crippen molar-refractivity contribution < 1.29 is 27.5 Å². The van der Waals surface area contributed by atoms with Gasteiger partial charge in [-0.3, -0.25) is 4.79 Å². The molecule has 0 saturated carbocycles. The Kier molecular flexibility index (Phi) is 8.92. The quantitative estimate of drug-likeness (QED) is 0.384. The van der Waals surface area contributed by atoms with E-state index in [1.165, 1.54) is 24.3 Å². The molecule has 2 amide bonds. The Bertz CT molecular complexity index is 1570. The van der Waals surface area contributed by atoms with Gasteiger partial charge in [0, 0.05) is 13.1 Å². The van der Waals surface area contributed by atoms with Crippen LogP contribution >= 0.6 is 0 Å². The highest BCUT2D eigenvalue weighted by Crippen LogP contribution is 2.34. The lowest BCUT2D eigenvalue weighted by molar-refractivity contribution is 0.0798. The summed E-state index contributed by atoms with van der Waals surface area (Å²) in [6, 6.07) is 11.4. The molecule has 0 radical (unpaired) electrons. The Balaban J connectivity index is 1.76. The van der Waals surface area contributed by atoms with Gasteiger partial charge in [0.15, 0.2) is 5.82 Å². The number of amides is 2. The first-order valence-corrected chi connectivity index (χ1v) is 14.2. The van der Waals surface area contributed by atoms with Gasteiger partial charge in [-0.2, -0.15) is 4.31 Å². The van der Waals surface area contributed by atoms with E-state index in [9.17, 15) is 18.0 Å². The predicted octanol–water partition coefficient (Wildman–Crippen LogP) is 4.58. The van der Waals surface area contributed by atoms with Crippen LogP contribution in [-0.2, 0) is 15.6 Å². The minimum absolute atomic E-state index is 0.0588. The molecule has 0 aliphatic carbocycles. The third-order valence-corrected chi connectivity index (χ3v) is 7.07. The van der Waals surface area contributed by atoms with Crippen molar-refractivity contribution in [3.63, 3.8) is 0 Å². The number of aromatic nitrogens is 2. The minimum Gasteiger partial charge on any atom is -0.447 e. The maximum atomic E-state index is 13.7.